The molecule has 0 saturated carbocycles. The minimum atomic E-state index is 0.494. The molecule has 170 valence electrons. The van der Waals surface area contributed by atoms with Crippen molar-refractivity contribution in [3.8, 4) is 22.5 Å². The van der Waals surface area contributed by atoms with Crippen molar-refractivity contribution in [1.29, 1.82) is 0 Å². The van der Waals surface area contributed by atoms with Gasteiger partial charge in [0.05, 0.1) is 0 Å². The van der Waals surface area contributed by atoms with Crippen LogP contribution in [0.3, 0.4) is 0 Å². The van der Waals surface area contributed by atoms with E-state index in [-0.39, 0.29) is 0 Å². The van der Waals surface area contributed by atoms with E-state index in [0.29, 0.717) is 11.7 Å². The lowest BCUT2D eigenvalue weighted by molar-refractivity contribution is 0.467. The highest BCUT2D eigenvalue weighted by Gasteiger charge is 2.14. The zero-order chi connectivity index (χ0) is 23.3. The molecule has 34 heavy (non-hydrogen) atoms. The zero-order valence-corrected chi connectivity index (χ0v) is 19.4. The van der Waals surface area contributed by atoms with Gasteiger partial charge in [0.25, 0.3) is 0 Å². The smallest absolute Gasteiger partial charge is 0.205 e. The molecule has 0 fully saturated rings. The molecule has 0 aliphatic rings. The second-order valence-corrected chi connectivity index (χ2v) is 8.84. The van der Waals surface area contributed by atoms with Crippen LogP contribution in [0.2, 0.25) is 0 Å². The maximum absolute atomic E-state index is 4.91. The number of rotatable bonds is 8. The van der Waals surface area contributed by atoms with E-state index in [4.69, 9.17) is 10.1 Å². The second-order valence-electron chi connectivity index (χ2n) is 8.84. The number of benzene rings is 3. The van der Waals surface area contributed by atoms with Gasteiger partial charge < -0.3 is 0 Å². The molecule has 0 atom stereocenters. The summed E-state index contributed by atoms with van der Waals surface area (Å²) in [5.41, 5.74) is 5.55. The van der Waals surface area contributed by atoms with Crippen LogP contribution in [0.25, 0.3) is 22.5 Å². The Bertz CT molecular complexity index is 1340. The minimum absolute atomic E-state index is 0.494. The van der Waals surface area contributed by atoms with Crippen LogP contribution in [0.15, 0.2) is 78.9 Å². The molecule has 0 aliphatic heterocycles. The summed E-state index contributed by atoms with van der Waals surface area (Å²) < 4.78 is 2.07. The topological polar surface area (TPSA) is 85.2 Å². The first kappa shape index (κ1) is 21.7. The molecule has 0 saturated heterocycles. The van der Waals surface area contributed by atoms with Gasteiger partial charge in [0.15, 0.2) is 5.82 Å². The number of H-pyrrole nitrogens is 1. The Hall–Kier alpha value is -4.13. The molecule has 0 aliphatic carbocycles. The quantitative estimate of drug-likeness (QED) is 0.362. The Kier molecular flexibility index (Phi) is 6.25. The van der Waals surface area contributed by atoms with Gasteiger partial charge in [-0.05, 0) is 33.4 Å². The minimum Gasteiger partial charge on any atom is -0.249 e. The third kappa shape index (κ3) is 4.93. The van der Waals surface area contributed by atoms with Crippen LogP contribution in [-0.2, 0) is 19.4 Å². The molecule has 0 spiro atoms. The molecule has 7 heteroatoms. The number of aromatic nitrogens is 7. The van der Waals surface area contributed by atoms with E-state index >= 15 is 0 Å². The highest BCUT2D eigenvalue weighted by Crippen LogP contribution is 2.30. The van der Waals surface area contributed by atoms with Crippen LogP contribution < -0.4 is 0 Å². The monoisotopic (exact) mass is 449 g/mol. The zero-order valence-electron chi connectivity index (χ0n) is 19.4. The normalized spacial score (nSPS) is 11.3. The SMILES string of the molecule is CC(C)Cn1nc(Cc2ccccc2)nc1Cc1ccc(-c2ccccc2-c2nn[nH]n2)cc1. The lowest BCUT2D eigenvalue weighted by Gasteiger charge is -2.10. The maximum atomic E-state index is 4.91. The standard InChI is InChI=1S/C27H27N7/c1-19(2)18-34-26(28-25(31-34)16-20-8-4-3-5-9-20)17-21-12-14-22(15-13-21)23-10-6-7-11-24(23)27-29-32-33-30-27/h3-15,19H,16-18H2,1-2H3,(H,29,30,32,33). The van der Waals surface area contributed by atoms with Gasteiger partial charge in [-0.2, -0.15) is 10.3 Å². The first-order valence-electron chi connectivity index (χ1n) is 11.5. The first-order chi connectivity index (χ1) is 16.7. The van der Waals surface area contributed by atoms with Gasteiger partial charge in [0.2, 0.25) is 5.82 Å². The van der Waals surface area contributed by atoms with Crippen LogP contribution in [0.1, 0.15) is 36.6 Å². The fourth-order valence-electron chi connectivity index (χ4n) is 4.09. The second kappa shape index (κ2) is 9.79. The number of nitrogens with zero attached hydrogens (tertiary/aromatic N) is 6. The van der Waals surface area contributed by atoms with E-state index in [1.54, 1.807) is 0 Å². The lowest BCUT2D eigenvalue weighted by Crippen LogP contribution is -2.11. The van der Waals surface area contributed by atoms with Crippen molar-refractivity contribution in [3.63, 3.8) is 0 Å². The van der Waals surface area contributed by atoms with E-state index in [0.717, 1.165) is 47.7 Å². The third-order valence-corrected chi connectivity index (χ3v) is 5.68. The van der Waals surface area contributed by atoms with E-state index in [1.165, 1.54) is 11.1 Å². The molecule has 0 radical (unpaired) electrons. The summed E-state index contributed by atoms with van der Waals surface area (Å²) in [7, 11) is 0. The van der Waals surface area contributed by atoms with Crippen LogP contribution in [-0.4, -0.2) is 35.4 Å². The van der Waals surface area contributed by atoms with Crippen molar-refractivity contribution in [1.82, 2.24) is 35.4 Å². The molecule has 5 aromatic rings. The van der Waals surface area contributed by atoms with Gasteiger partial charge in [-0.15, -0.1) is 10.2 Å². The highest BCUT2D eigenvalue weighted by molar-refractivity contribution is 5.80. The van der Waals surface area contributed by atoms with Gasteiger partial charge in [0, 0.05) is 24.9 Å². The molecule has 5 rings (SSSR count). The molecule has 3 aromatic carbocycles. The predicted octanol–water partition coefficient (Wildman–Crippen LogP) is 4.96. The summed E-state index contributed by atoms with van der Waals surface area (Å²) in [5, 5.41) is 19.4. The van der Waals surface area contributed by atoms with Crippen LogP contribution in [0, 0.1) is 5.92 Å². The summed E-state index contributed by atoms with van der Waals surface area (Å²) in [5.74, 6) is 2.95. The van der Waals surface area contributed by atoms with Crippen LogP contribution >= 0.6 is 0 Å². The molecular weight excluding hydrogens is 422 g/mol. The summed E-state index contributed by atoms with van der Waals surface area (Å²) in [4.78, 5) is 4.91. The number of nitrogens with one attached hydrogen (secondary N) is 1. The van der Waals surface area contributed by atoms with E-state index in [9.17, 15) is 0 Å². The van der Waals surface area contributed by atoms with Crippen molar-refractivity contribution >= 4 is 0 Å². The molecule has 0 unspecified atom stereocenters. The Morgan fingerprint density at radius 2 is 1.50 bits per heavy atom. The predicted molar refractivity (Wildman–Crippen MR) is 132 cm³/mol. The van der Waals surface area contributed by atoms with Gasteiger partial charge in [-0.3, -0.25) is 0 Å². The Morgan fingerprint density at radius 1 is 0.794 bits per heavy atom. The molecule has 2 aromatic heterocycles. The third-order valence-electron chi connectivity index (χ3n) is 5.68. The van der Waals surface area contributed by atoms with E-state index < -0.39 is 0 Å². The van der Waals surface area contributed by atoms with Gasteiger partial charge in [-0.25, -0.2) is 9.67 Å². The summed E-state index contributed by atoms with van der Waals surface area (Å²) in [6.45, 7) is 5.27. The van der Waals surface area contributed by atoms with E-state index in [1.807, 2.05) is 24.3 Å². The van der Waals surface area contributed by atoms with E-state index in [2.05, 4.69) is 93.8 Å². The van der Waals surface area contributed by atoms with Crippen molar-refractivity contribution in [2.75, 3.05) is 0 Å². The Balaban J connectivity index is 1.39. The van der Waals surface area contributed by atoms with Gasteiger partial charge in [-0.1, -0.05) is 92.7 Å². The molecule has 7 nitrogen and oxygen atoms in total. The Morgan fingerprint density at radius 3 is 2.21 bits per heavy atom. The van der Waals surface area contributed by atoms with Gasteiger partial charge in [0.1, 0.15) is 5.82 Å². The fraction of sp³-hybridized carbons (Fsp3) is 0.222. The number of tetrazole rings is 1. The maximum Gasteiger partial charge on any atom is 0.205 e. The van der Waals surface area contributed by atoms with Crippen molar-refractivity contribution in [2.45, 2.75) is 33.2 Å². The largest absolute Gasteiger partial charge is 0.249 e. The molecular formula is C27H27N7. The molecule has 0 bridgehead atoms. The van der Waals surface area contributed by atoms with Gasteiger partial charge >= 0.3 is 0 Å². The van der Waals surface area contributed by atoms with Crippen molar-refractivity contribution < 1.29 is 0 Å². The van der Waals surface area contributed by atoms with Crippen molar-refractivity contribution in [3.05, 3.63) is 102 Å². The van der Waals surface area contributed by atoms with Crippen LogP contribution in [0.4, 0.5) is 0 Å². The van der Waals surface area contributed by atoms with Crippen LogP contribution in [0.5, 0.6) is 0 Å². The van der Waals surface area contributed by atoms with Crippen molar-refractivity contribution in [2.24, 2.45) is 5.92 Å². The first-order valence-corrected chi connectivity index (χ1v) is 11.5. The molecule has 2 heterocycles. The fourth-order valence-corrected chi connectivity index (χ4v) is 4.09. The highest BCUT2D eigenvalue weighted by atomic mass is 15.5. The summed E-state index contributed by atoms with van der Waals surface area (Å²) in [6.07, 6.45) is 1.48. The lowest BCUT2D eigenvalue weighted by atomic mass is 9.98. The summed E-state index contributed by atoms with van der Waals surface area (Å²) >= 11 is 0. The molecule has 1 N–H and O–H groups in total. The number of hydrogen-bond acceptors (Lipinski definition) is 5. The number of hydrogen-bond donors (Lipinski definition) is 1. The average Bonchev–Trinajstić information content (AvgIpc) is 3.51. The Labute approximate surface area is 198 Å². The summed E-state index contributed by atoms with van der Waals surface area (Å²) in [6, 6.07) is 27.1. The average molecular weight is 450 g/mol. The molecule has 0 amide bonds. The number of aromatic amines is 1.